The van der Waals surface area contributed by atoms with E-state index in [1.807, 2.05) is 6.92 Å². The molecule has 10 heavy (non-hydrogen) atoms. The highest BCUT2D eigenvalue weighted by Crippen LogP contribution is 2.34. The number of hydrogen-bond acceptors (Lipinski definition) is 4. The van der Waals surface area contributed by atoms with Gasteiger partial charge >= 0.3 is 8.69 Å². The topological polar surface area (TPSA) is 38.3 Å². The van der Waals surface area contributed by atoms with Gasteiger partial charge in [-0.15, -0.1) is 11.8 Å². The van der Waals surface area contributed by atoms with Crippen LogP contribution in [0.15, 0.2) is 0 Å². The second kappa shape index (κ2) is 3.67. The van der Waals surface area contributed by atoms with Crippen molar-refractivity contribution in [3.8, 4) is 0 Å². The van der Waals surface area contributed by atoms with Crippen molar-refractivity contribution in [2.24, 2.45) is 0 Å². The van der Waals surface area contributed by atoms with Crippen LogP contribution < -0.4 is 5.32 Å². The Kier molecular flexibility index (Phi) is 3.11. The Morgan fingerprint density at radius 3 is 3.10 bits per heavy atom. The van der Waals surface area contributed by atoms with E-state index in [0.29, 0.717) is 0 Å². The smallest absolute Gasteiger partial charge is 0.279 e. The predicted molar refractivity (Wildman–Crippen MR) is 42.2 cm³/mol. The summed E-state index contributed by atoms with van der Waals surface area (Å²) in [6, 6.07) is 0. The Labute approximate surface area is 66.2 Å². The maximum absolute atomic E-state index is 10.1. The molecule has 1 unspecified atom stereocenters. The summed E-state index contributed by atoms with van der Waals surface area (Å²) in [5.41, 5.74) is 0. The van der Waals surface area contributed by atoms with Crippen molar-refractivity contribution in [2.75, 3.05) is 12.3 Å². The number of thioether (sulfide) groups is 1. The molecule has 58 valence electrons. The van der Waals surface area contributed by atoms with Crippen molar-refractivity contribution >= 4 is 20.4 Å². The van der Waals surface area contributed by atoms with Crippen LogP contribution in [0, 0.1) is 0 Å². The van der Waals surface area contributed by atoms with E-state index in [0.717, 1.165) is 18.7 Å². The molecule has 3 nitrogen and oxygen atoms in total. The van der Waals surface area contributed by atoms with Gasteiger partial charge in [0.05, 0.1) is 0 Å². The molecule has 1 saturated heterocycles. The fraction of sp³-hybridized carbons (Fsp3) is 1.00. The molecule has 0 spiro atoms. The maximum Gasteiger partial charge on any atom is 0.330 e. The molecule has 1 heterocycles. The minimum Gasteiger partial charge on any atom is -0.279 e. The van der Waals surface area contributed by atoms with Gasteiger partial charge in [0.1, 0.15) is 0 Å². The van der Waals surface area contributed by atoms with Gasteiger partial charge in [-0.3, -0.25) is 9.84 Å². The molecule has 0 bridgehead atoms. The molecule has 0 aromatic heterocycles. The predicted octanol–water partition coefficient (Wildman–Crippen LogP) is 1.61. The van der Waals surface area contributed by atoms with Gasteiger partial charge in [-0.2, -0.15) is 0 Å². The van der Waals surface area contributed by atoms with Crippen LogP contribution >= 0.6 is 20.4 Å². The summed E-state index contributed by atoms with van der Waals surface area (Å²) in [6.07, 6.45) is 0.840. The van der Waals surface area contributed by atoms with Gasteiger partial charge in [0.25, 0.3) is 0 Å². The summed E-state index contributed by atoms with van der Waals surface area (Å²) < 4.78 is 15.2. The van der Waals surface area contributed by atoms with Crippen LogP contribution in [-0.2, 0) is 9.09 Å². The lowest BCUT2D eigenvalue weighted by molar-refractivity contribution is 0.152. The van der Waals surface area contributed by atoms with Crippen LogP contribution in [0.3, 0.4) is 0 Å². The first-order valence-electron chi connectivity index (χ1n) is 3.23. The van der Waals surface area contributed by atoms with Crippen molar-refractivity contribution in [2.45, 2.75) is 18.4 Å². The van der Waals surface area contributed by atoms with Crippen LogP contribution in [0.5, 0.6) is 0 Å². The second-order valence-electron chi connectivity index (χ2n) is 2.05. The zero-order chi connectivity index (χ0) is 7.45. The molecule has 0 saturated carbocycles. The van der Waals surface area contributed by atoms with E-state index >= 15 is 0 Å². The zero-order valence-corrected chi connectivity index (χ0v) is 7.50. The van der Waals surface area contributed by atoms with Crippen LogP contribution in [0.1, 0.15) is 13.3 Å². The molecule has 0 aliphatic carbocycles. The van der Waals surface area contributed by atoms with E-state index < -0.39 is 0 Å². The zero-order valence-electron chi connectivity index (χ0n) is 5.79. The molecular weight excluding hydrogens is 169 g/mol. The molecule has 0 amide bonds. The third-order valence-electron chi connectivity index (χ3n) is 1.48. The van der Waals surface area contributed by atoms with E-state index in [4.69, 9.17) is 4.52 Å². The third kappa shape index (κ3) is 1.70. The molecule has 1 rings (SSSR count). The highest BCUT2D eigenvalue weighted by Gasteiger charge is 2.33. The summed E-state index contributed by atoms with van der Waals surface area (Å²) in [4.78, 5) is 0. The first-order valence-corrected chi connectivity index (χ1v) is 4.94. The van der Waals surface area contributed by atoms with Crippen molar-refractivity contribution in [1.29, 1.82) is 0 Å². The molecule has 1 fully saturated rings. The van der Waals surface area contributed by atoms with Gasteiger partial charge < -0.3 is 0 Å². The third-order valence-corrected chi connectivity index (χ3v) is 3.38. The highest BCUT2D eigenvalue weighted by atomic mass is 32.2. The normalized spacial score (nSPS) is 33.3. The van der Waals surface area contributed by atoms with Crippen LogP contribution in [0.4, 0.5) is 0 Å². The van der Waals surface area contributed by atoms with Crippen LogP contribution in [-0.4, -0.2) is 17.4 Å². The molecule has 0 aromatic rings. The van der Waals surface area contributed by atoms with Gasteiger partial charge in [-0.1, -0.05) is 6.92 Å². The summed E-state index contributed by atoms with van der Waals surface area (Å²) in [5, 5.41) is 2.78. The Morgan fingerprint density at radius 2 is 2.70 bits per heavy atom. The largest absolute Gasteiger partial charge is 0.330 e. The van der Waals surface area contributed by atoms with Gasteiger partial charge in [-0.25, -0.2) is 4.57 Å². The molecule has 1 aliphatic heterocycles. The first kappa shape index (κ1) is 8.47. The van der Waals surface area contributed by atoms with Crippen molar-refractivity contribution < 1.29 is 9.09 Å². The van der Waals surface area contributed by atoms with Crippen molar-refractivity contribution in [1.82, 2.24) is 5.32 Å². The monoisotopic (exact) mass is 179 g/mol. The highest BCUT2D eigenvalue weighted by molar-refractivity contribution is 8.00. The molecule has 0 aromatic carbocycles. The minimum atomic E-state index is -0.372. The van der Waals surface area contributed by atoms with E-state index in [-0.39, 0.29) is 13.7 Å². The molecule has 5 heteroatoms. The molecule has 1 aliphatic rings. The summed E-state index contributed by atoms with van der Waals surface area (Å²) in [6.45, 7) is 2.95. The fourth-order valence-corrected chi connectivity index (χ4v) is 2.48. The van der Waals surface area contributed by atoms with Gasteiger partial charge in [0.15, 0.2) is 5.06 Å². The Hall–Kier alpha value is 0.370. The fourth-order valence-electron chi connectivity index (χ4n) is 0.919. The van der Waals surface area contributed by atoms with E-state index in [2.05, 4.69) is 5.32 Å². The SMILES string of the molecule is CCC1(OP=O)NCCS1. The molecule has 1 N–H and O–H groups in total. The molecular formula is C5H10NO2PS. The Morgan fingerprint density at radius 1 is 1.90 bits per heavy atom. The Bertz CT molecular complexity index is 127. The van der Waals surface area contributed by atoms with E-state index in [1.54, 1.807) is 11.8 Å². The second-order valence-corrected chi connectivity index (χ2v) is 3.74. The number of nitrogens with one attached hydrogen (secondary N) is 1. The lowest BCUT2D eigenvalue weighted by Gasteiger charge is -2.22. The van der Waals surface area contributed by atoms with Crippen molar-refractivity contribution in [3.05, 3.63) is 0 Å². The van der Waals surface area contributed by atoms with Gasteiger partial charge in [-0.05, 0) is 6.42 Å². The average Bonchev–Trinajstić information content (AvgIpc) is 2.39. The molecule has 0 radical (unpaired) electrons. The lowest BCUT2D eigenvalue weighted by Crippen LogP contribution is -2.36. The summed E-state index contributed by atoms with van der Waals surface area (Å²) in [7, 11) is -0.237. The Balaban J connectivity index is 2.48. The lowest BCUT2D eigenvalue weighted by atomic mass is 10.4. The van der Waals surface area contributed by atoms with Gasteiger partial charge in [0.2, 0.25) is 0 Å². The van der Waals surface area contributed by atoms with Gasteiger partial charge in [0, 0.05) is 12.3 Å². The number of rotatable bonds is 3. The standard InChI is InChI=1S/C5H10NO2PS/c1-2-5(8-9-7)6-3-4-10-5/h6H,2-4H2,1H3. The quantitative estimate of drug-likeness (QED) is 0.668. The minimum absolute atomic E-state index is 0.237. The van der Waals surface area contributed by atoms with Crippen molar-refractivity contribution in [3.63, 3.8) is 0 Å². The van der Waals surface area contributed by atoms with Crippen LogP contribution in [0.25, 0.3) is 0 Å². The van der Waals surface area contributed by atoms with E-state index in [1.165, 1.54) is 0 Å². The molecule has 1 atom stereocenters. The maximum atomic E-state index is 10.1. The first-order chi connectivity index (χ1) is 4.83. The summed E-state index contributed by atoms with van der Waals surface area (Å²) >= 11 is 1.67. The van der Waals surface area contributed by atoms with Crippen LogP contribution in [0.2, 0.25) is 0 Å². The number of hydrogen-bond donors (Lipinski definition) is 1. The van der Waals surface area contributed by atoms with E-state index in [9.17, 15) is 4.57 Å². The average molecular weight is 179 g/mol. The summed E-state index contributed by atoms with van der Waals surface area (Å²) in [5.74, 6) is 1.03.